The number of nitrogens with one attached hydrogen (secondary N) is 1. The molecule has 3 aliphatic heterocycles. The maximum atomic E-state index is 13.2. The van der Waals surface area contributed by atoms with Gasteiger partial charge in [0, 0.05) is 12.1 Å². The van der Waals surface area contributed by atoms with Crippen molar-refractivity contribution >= 4 is 6.09 Å². The Morgan fingerprint density at radius 3 is 2.55 bits per heavy atom. The van der Waals surface area contributed by atoms with Crippen LogP contribution in [0.5, 0.6) is 0 Å². The molecule has 0 aromatic heterocycles. The number of alkyl halides is 2. The van der Waals surface area contributed by atoms with E-state index < -0.39 is 6.43 Å². The predicted octanol–water partition coefficient (Wildman–Crippen LogP) is 5.88. The number of nitrogens with zero attached hydrogens (tertiary/aromatic N) is 1. The summed E-state index contributed by atoms with van der Waals surface area (Å²) in [5.41, 5.74) is 4.26. The molecule has 6 heteroatoms. The highest BCUT2D eigenvalue weighted by atomic mass is 19.3. The van der Waals surface area contributed by atoms with Gasteiger partial charge in [0.05, 0.1) is 6.04 Å². The van der Waals surface area contributed by atoms with Crippen molar-refractivity contribution in [3.63, 3.8) is 0 Å². The molecule has 2 aliphatic carbocycles. The fourth-order valence-electron chi connectivity index (χ4n) is 6.26. The fraction of sp³-hybridized carbons (Fsp3) is 0.519. The van der Waals surface area contributed by atoms with Crippen LogP contribution in [0.25, 0.3) is 11.1 Å². The molecule has 3 saturated heterocycles. The summed E-state index contributed by atoms with van der Waals surface area (Å²) in [6, 6.07) is 12.7. The first kappa shape index (κ1) is 21.1. The Balaban J connectivity index is 1.22. The van der Waals surface area contributed by atoms with Crippen LogP contribution in [0.1, 0.15) is 61.3 Å². The Hall–Kier alpha value is -2.47. The van der Waals surface area contributed by atoms with Crippen LogP contribution in [0.15, 0.2) is 42.5 Å². The average Bonchev–Trinajstić information content (AvgIpc) is 3.62. The van der Waals surface area contributed by atoms with Crippen molar-refractivity contribution in [1.29, 1.82) is 0 Å². The number of ether oxygens (including phenoxy) is 1. The molecule has 7 rings (SSSR count). The summed E-state index contributed by atoms with van der Waals surface area (Å²) >= 11 is 0. The van der Waals surface area contributed by atoms with Crippen LogP contribution < -0.4 is 5.32 Å². The van der Waals surface area contributed by atoms with Gasteiger partial charge in [-0.3, -0.25) is 4.90 Å². The van der Waals surface area contributed by atoms with E-state index in [0.29, 0.717) is 5.92 Å². The van der Waals surface area contributed by atoms with Crippen molar-refractivity contribution in [2.24, 2.45) is 11.3 Å². The predicted molar refractivity (Wildman–Crippen MR) is 122 cm³/mol. The van der Waals surface area contributed by atoms with Crippen LogP contribution in [0.2, 0.25) is 0 Å². The third-order valence-corrected chi connectivity index (χ3v) is 8.44. The Morgan fingerprint density at radius 1 is 1.06 bits per heavy atom. The highest BCUT2D eigenvalue weighted by molar-refractivity contribution is 5.70. The number of rotatable bonds is 4. The largest absolute Gasteiger partial charge is 0.445 e. The van der Waals surface area contributed by atoms with Gasteiger partial charge in [-0.05, 0) is 91.3 Å². The summed E-state index contributed by atoms with van der Waals surface area (Å²) in [5.74, 6) is 0.487. The van der Waals surface area contributed by atoms with Gasteiger partial charge >= 0.3 is 6.09 Å². The van der Waals surface area contributed by atoms with Gasteiger partial charge in [0.1, 0.15) is 6.10 Å². The van der Waals surface area contributed by atoms with Crippen LogP contribution in [-0.2, 0) is 11.2 Å². The third kappa shape index (κ3) is 3.92. The van der Waals surface area contributed by atoms with Gasteiger partial charge in [-0.15, -0.1) is 0 Å². The topological polar surface area (TPSA) is 41.6 Å². The van der Waals surface area contributed by atoms with Gasteiger partial charge in [-0.1, -0.05) is 36.4 Å². The first-order valence-corrected chi connectivity index (χ1v) is 12.2. The van der Waals surface area contributed by atoms with Crippen LogP contribution in [0.3, 0.4) is 0 Å². The Labute approximate surface area is 193 Å². The summed E-state index contributed by atoms with van der Waals surface area (Å²) in [6.45, 7) is 3.09. The van der Waals surface area contributed by atoms with Crippen molar-refractivity contribution in [2.75, 3.05) is 19.6 Å². The molecule has 1 unspecified atom stereocenters. The number of halogens is 2. The van der Waals surface area contributed by atoms with Crippen molar-refractivity contribution < 1.29 is 18.3 Å². The lowest BCUT2D eigenvalue weighted by atomic mass is 9.76. The van der Waals surface area contributed by atoms with E-state index >= 15 is 0 Å². The molecular formula is C27H30F2N2O2. The molecular weight excluding hydrogens is 422 g/mol. The van der Waals surface area contributed by atoms with Crippen LogP contribution in [0.4, 0.5) is 13.6 Å². The van der Waals surface area contributed by atoms with E-state index in [-0.39, 0.29) is 29.2 Å². The molecule has 4 nitrogen and oxygen atoms in total. The second-order valence-electron chi connectivity index (χ2n) is 10.4. The van der Waals surface area contributed by atoms with E-state index in [9.17, 15) is 13.6 Å². The van der Waals surface area contributed by atoms with E-state index in [2.05, 4.69) is 22.3 Å². The molecule has 0 radical (unpaired) electrons. The van der Waals surface area contributed by atoms with Gasteiger partial charge in [-0.2, -0.15) is 0 Å². The summed E-state index contributed by atoms with van der Waals surface area (Å²) in [6.07, 6.45) is 3.67. The average molecular weight is 453 g/mol. The Bertz CT molecular complexity index is 1060. The van der Waals surface area contributed by atoms with Crippen molar-refractivity contribution in [1.82, 2.24) is 10.2 Å². The number of alkyl carbamates (subject to hydrolysis) is 1. The molecule has 2 aromatic carbocycles. The summed E-state index contributed by atoms with van der Waals surface area (Å²) < 4.78 is 32.3. The molecule has 1 saturated carbocycles. The van der Waals surface area contributed by atoms with Gasteiger partial charge in [0.2, 0.25) is 0 Å². The van der Waals surface area contributed by atoms with Crippen LogP contribution >= 0.6 is 0 Å². The number of benzene rings is 2. The molecule has 3 heterocycles. The molecule has 1 amide bonds. The van der Waals surface area contributed by atoms with E-state index in [4.69, 9.17) is 4.74 Å². The first-order valence-electron chi connectivity index (χ1n) is 12.2. The van der Waals surface area contributed by atoms with Crippen molar-refractivity contribution in [3.8, 4) is 11.1 Å². The number of hydrogen-bond acceptors (Lipinski definition) is 3. The standard InChI is InChI=1S/C27H30F2N2O2/c28-25(29)21-3-1-2-18(15-21)19-4-5-22-20(14-19)6-9-27(10-11-27)24(22)30-26(32)33-23-16-31-12-7-17(23)8-13-31/h1-5,14-15,17,23-25H,6-13,16H2,(H,30,32)/t23-,24?/m0/s1. The Kier molecular flexibility index (Phi) is 5.17. The number of carbonyl (C=O) groups excluding carboxylic acids is 1. The second-order valence-corrected chi connectivity index (χ2v) is 10.4. The summed E-state index contributed by atoms with van der Waals surface area (Å²) in [5, 5.41) is 3.24. The van der Waals surface area contributed by atoms with E-state index in [1.807, 2.05) is 12.1 Å². The summed E-state index contributed by atoms with van der Waals surface area (Å²) in [4.78, 5) is 15.3. The molecule has 1 spiro atoms. The zero-order valence-electron chi connectivity index (χ0n) is 18.7. The molecule has 2 bridgehead atoms. The fourth-order valence-corrected chi connectivity index (χ4v) is 6.26. The lowest BCUT2D eigenvalue weighted by Gasteiger charge is -2.44. The van der Waals surface area contributed by atoms with Crippen LogP contribution in [-0.4, -0.2) is 36.7 Å². The summed E-state index contributed by atoms with van der Waals surface area (Å²) in [7, 11) is 0. The van der Waals surface area contributed by atoms with E-state index in [1.165, 1.54) is 11.6 Å². The quantitative estimate of drug-likeness (QED) is 0.630. The van der Waals surface area contributed by atoms with E-state index in [1.54, 1.807) is 12.1 Å². The third-order valence-electron chi connectivity index (χ3n) is 8.44. The zero-order valence-corrected chi connectivity index (χ0v) is 18.7. The number of hydrogen-bond donors (Lipinski definition) is 1. The molecule has 5 aliphatic rings. The molecule has 2 atom stereocenters. The first-order chi connectivity index (χ1) is 16.0. The number of carbonyl (C=O) groups is 1. The minimum atomic E-state index is -2.48. The van der Waals surface area contributed by atoms with Crippen molar-refractivity contribution in [2.45, 2.75) is 57.1 Å². The highest BCUT2D eigenvalue weighted by Crippen LogP contribution is 2.61. The van der Waals surface area contributed by atoms with Crippen LogP contribution in [0, 0.1) is 11.3 Å². The molecule has 4 fully saturated rings. The number of aryl methyl sites for hydroxylation is 1. The van der Waals surface area contributed by atoms with Gasteiger partial charge in [0.25, 0.3) is 6.43 Å². The molecule has 2 aromatic rings. The number of amides is 1. The smallest absolute Gasteiger partial charge is 0.407 e. The molecule has 33 heavy (non-hydrogen) atoms. The van der Waals surface area contributed by atoms with Gasteiger partial charge < -0.3 is 10.1 Å². The number of piperidine rings is 3. The maximum absolute atomic E-state index is 13.2. The zero-order chi connectivity index (χ0) is 22.6. The lowest BCUT2D eigenvalue weighted by molar-refractivity contribution is -0.0347. The highest BCUT2D eigenvalue weighted by Gasteiger charge is 2.53. The molecule has 174 valence electrons. The minimum absolute atomic E-state index is 0.00444. The molecule has 1 N–H and O–H groups in total. The Morgan fingerprint density at radius 2 is 1.85 bits per heavy atom. The van der Waals surface area contributed by atoms with Gasteiger partial charge in [0.15, 0.2) is 0 Å². The normalized spacial score (nSPS) is 29.1. The van der Waals surface area contributed by atoms with Gasteiger partial charge in [-0.25, -0.2) is 13.6 Å². The monoisotopic (exact) mass is 452 g/mol. The SMILES string of the molecule is O=C(NC1c2ccc(-c3cccc(C(F)F)c3)cc2CCC12CC2)O[C@H]1CN2CCC1CC2. The minimum Gasteiger partial charge on any atom is -0.445 e. The number of fused-ring (bicyclic) bond motifs is 4. The lowest BCUT2D eigenvalue weighted by Crippen LogP contribution is -2.53. The maximum Gasteiger partial charge on any atom is 0.407 e. The van der Waals surface area contributed by atoms with Crippen molar-refractivity contribution in [3.05, 3.63) is 59.2 Å². The second kappa shape index (κ2) is 8.08. The van der Waals surface area contributed by atoms with E-state index in [0.717, 1.165) is 74.8 Å².